The van der Waals surface area contributed by atoms with E-state index in [1.165, 1.54) is 0 Å². The predicted octanol–water partition coefficient (Wildman–Crippen LogP) is 0.579. The minimum Gasteiger partial charge on any atom is -0.366 e. The summed E-state index contributed by atoms with van der Waals surface area (Å²) < 4.78 is 0. The number of primary amides is 1. The molecule has 1 aliphatic heterocycles. The summed E-state index contributed by atoms with van der Waals surface area (Å²) in [5.74, 6) is -0.361. The molecule has 92 valence electrons. The van der Waals surface area contributed by atoms with Crippen molar-refractivity contribution in [3.05, 3.63) is 35.4 Å². The van der Waals surface area contributed by atoms with E-state index in [-0.39, 0.29) is 5.91 Å². The Morgan fingerprint density at radius 2 is 2.41 bits per heavy atom. The summed E-state index contributed by atoms with van der Waals surface area (Å²) in [6.07, 6.45) is 0. The first kappa shape index (κ1) is 12.1. The zero-order valence-electron chi connectivity index (χ0n) is 10.1. The SMILES string of the molecule is C[C@H]1CN(Cc2cccc(C(N)=O)c2)CCN1. The summed E-state index contributed by atoms with van der Waals surface area (Å²) in [4.78, 5) is 13.5. The van der Waals surface area contributed by atoms with Gasteiger partial charge in [-0.15, -0.1) is 0 Å². The van der Waals surface area contributed by atoms with Crippen molar-refractivity contribution < 1.29 is 4.79 Å². The minimum absolute atomic E-state index is 0.361. The smallest absolute Gasteiger partial charge is 0.248 e. The molecule has 4 nitrogen and oxygen atoms in total. The van der Waals surface area contributed by atoms with Gasteiger partial charge in [-0.2, -0.15) is 0 Å². The maximum atomic E-state index is 11.1. The highest BCUT2D eigenvalue weighted by Crippen LogP contribution is 2.10. The van der Waals surface area contributed by atoms with Crippen molar-refractivity contribution in [2.24, 2.45) is 5.73 Å². The van der Waals surface area contributed by atoms with Crippen LogP contribution in [-0.2, 0) is 6.54 Å². The molecule has 4 heteroatoms. The Hall–Kier alpha value is -1.39. The summed E-state index contributed by atoms with van der Waals surface area (Å²) in [5.41, 5.74) is 7.01. The lowest BCUT2D eigenvalue weighted by molar-refractivity contribution is 0.1000. The van der Waals surface area contributed by atoms with Crippen LogP contribution in [0, 0.1) is 0 Å². The van der Waals surface area contributed by atoms with Crippen LogP contribution in [-0.4, -0.2) is 36.5 Å². The first-order valence-electron chi connectivity index (χ1n) is 5.99. The number of nitrogens with one attached hydrogen (secondary N) is 1. The topological polar surface area (TPSA) is 58.4 Å². The highest BCUT2D eigenvalue weighted by atomic mass is 16.1. The van der Waals surface area contributed by atoms with E-state index in [2.05, 4.69) is 17.1 Å². The van der Waals surface area contributed by atoms with Gasteiger partial charge >= 0.3 is 0 Å². The van der Waals surface area contributed by atoms with Gasteiger partial charge in [0.25, 0.3) is 0 Å². The number of amides is 1. The molecular weight excluding hydrogens is 214 g/mol. The first-order chi connectivity index (χ1) is 8.15. The molecule has 0 radical (unpaired) electrons. The standard InChI is InChI=1S/C13H19N3O/c1-10-8-16(6-5-15-10)9-11-3-2-4-12(7-11)13(14)17/h2-4,7,10,15H,5-6,8-9H2,1H3,(H2,14,17)/t10-/m0/s1. The van der Waals surface area contributed by atoms with Crippen molar-refractivity contribution in [1.82, 2.24) is 10.2 Å². The summed E-state index contributed by atoms with van der Waals surface area (Å²) in [5, 5.41) is 3.41. The molecule has 1 heterocycles. The van der Waals surface area contributed by atoms with Gasteiger partial charge in [0.15, 0.2) is 0 Å². The number of nitrogens with zero attached hydrogens (tertiary/aromatic N) is 1. The van der Waals surface area contributed by atoms with Crippen molar-refractivity contribution in [3.8, 4) is 0 Å². The Morgan fingerprint density at radius 3 is 3.12 bits per heavy atom. The van der Waals surface area contributed by atoms with Gasteiger partial charge in [-0.05, 0) is 24.6 Å². The fraction of sp³-hybridized carbons (Fsp3) is 0.462. The monoisotopic (exact) mass is 233 g/mol. The number of carbonyl (C=O) groups is 1. The van der Waals surface area contributed by atoms with Crippen molar-refractivity contribution in [2.45, 2.75) is 19.5 Å². The molecule has 1 aromatic rings. The lowest BCUT2D eigenvalue weighted by Crippen LogP contribution is -2.48. The van der Waals surface area contributed by atoms with E-state index in [1.54, 1.807) is 6.07 Å². The second-order valence-electron chi connectivity index (χ2n) is 4.65. The molecule has 2 rings (SSSR count). The quantitative estimate of drug-likeness (QED) is 0.803. The van der Waals surface area contributed by atoms with Crippen LogP contribution in [0.2, 0.25) is 0 Å². The highest BCUT2D eigenvalue weighted by Gasteiger charge is 2.15. The van der Waals surface area contributed by atoms with E-state index < -0.39 is 0 Å². The maximum Gasteiger partial charge on any atom is 0.248 e. The van der Waals surface area contributed by atoms with E-state index in [1.807, 2.05) is 18.2 Å². The average molecular weight is 233 g/mol. The van der Waals surface area contributed by atoms with Gasteiger partial charge < -0.3 is 11.1 Å². The van der Waals surface area contributed by atoms with Crippen molar-refractivity contribution in [3.63, 3.8) is 0 Å². The molecule has 17 heavy (non-hydrogen) atoms. The van der Waals surface area contributed by atoms with E-state index in [9.17, 15) is 4.79 Å². The van der Waals surface area contributed by atoms with Crippen LogP contribution in [0.15, 0.2) is 24.3 Å². The van der Waals surface area contributed by atoms with Crippen molar-refractivity contribution in [1.29, 1.82) is 0 Å². The van der Waals surface area contributed by atoms with E-state index in [0.717, 1.165) is 31.7 Å². The molecule has 0 bridgehead atoms. The normalized spacial score (nSPS) is 21.4. The third kappa shape index (κ3) is 3.28. The maximum absolute atomic E-state index is 11.1. The molecule has 1 saturated heterocycles. The lowest BCUT2D eigenvalue weighted by atomic mass is 10.1. The molecule has 1 aromatic carbocycles. The van der Waals surface area contributed by atoms with Gasteiger partial charge in [-0.3, -0.25) is 9.69 Å². The fourth-order valence-corrected chi connectivity index (χ4v) is 2.24. The molecular formula is C13H19N3O. The molecule has 1 amide bonds. The Bertz CT molecular complexity index is 405. The van der Waals surface area contributed by atoms with Crippen LogP contribution in [0.4, 0.5) is 0 Å². The van der Waals surface area contributed by atoms with E-state index >= 15 is 0 Å². The van der Waals surface area contributed by atoms with E-state index in [4.69, 9.17) is 5.73 Å². The van der Waals surface area contributed by atoms with Crippen LogP contribution in [0.5, 0.6) is 0 Å². The van der Waals surface area contributed by atoms with Gasteiger partial charge in [-0.25, -0.2) is 0 Å². The highest BCUT2D eigenvalue weighted by molar-refractivity contribution is 5.92. The van der Waals surface area contributed by atoms with Crippen molar-refractivity contribution >= 4 is 5.91 Å². The number of benzene rings is 1. The Balaban J connectivity index is 2.02. The van der Waals surface area contributed by atoms with Gasteiger partial charge in [0.1, 0.15) is 0 Å². The lowest BCUT2D eigenvalue weighted by Gasteiger charge is -2.31. The Labute approximate surface area is 102 Å². The average Bonchev–Trinajstić information content (AvgIpc) is 2.29. The number of hydrogen-bond donors (Lipinski definition) is 2. The van der Waals surface area contributed by atoms with Crippen LogP contribution in [0.1, 0.15) is 22.8 Å². The van der Waals surface area contributed by atoms with Gasteiger partial charge in [0.05, 0.1) is 0 Å². The zero-order chi connectivity index (χ0) is 12.3. The van der Waals surface area contributed by atoms with Crippen molar-refractivity contribution in [2.75, 3.05) is 19.6 Å². The summed E-state index contributed by atoms with van der Waals surface area (Å²) in [7, 11) is 0. The predicted molar refractivity (Wildman–Crippen MR) is 67.7 cm³/mol. The summed E-state index contributed by atoms with van der Waals surface area (Å²) in [6, 6.07) is 8.10. The molecule has 0 aliphatic carbocycles. The second-order valence-corrected chi connectivity index (χ2v) is 4.65. The number of nitrogens with two attached hydrogens (primary N) is 1. The zero-order valence-corrected chi connectivity index (χ0v) is 10.1. The number of carbonyl (C=O) groups excluding carboxylic acids is 1. The molecule has 0 aromatic heterocycles. The number of rotatable bonds is 3. The largest absolute Gasteiger partial charge is 0.366 e. The van der Waals surface area contributed by atoms with Crippen LogP contribution >= 0.6 is 0 Å². The first-order valence-corrected chi connectivity index (χ1v) is 5.99. The molecule has 0 unspecified atom stereocenters. The molecule has 1 fully saturated rings. The Kier molecular flexibility index (Phi) is 3.76. The number of piperazine rings is 1. The van der Waals surface area contributed by atoms with E-state index in [0.29, 0.717) is 11.6 Å². The number of hydrogen-bond acceptors (Lipinski definition) is 3. The summed E-state index contributed by atoms with van der Waals surface area (Å²) in [6.45, 7) is 6.18. The van der Waals surface area contributed by atoms with Gasteiger partial charge in [-0.1, -0.05) is 12.1 Å². The fourth-order valence-electron chi connectivity index (χ4n) is 2.24. The minimum atomic E-state index is -0.361. The molecule has 3 N–H and O–H groups in total. The third-order valence-electron chi connectivity index (χ3n) is 3.07. The Morgan fingerprint density at radius 1 is 1.59 bits per heavy atom. The van der Waals surface area contributed by atoms with Gasteiger partial charge in [0.2, 0.25) is 5.91 Å². The summed E-state index contributed by atoms with van der Waals surface area (Å²) >= 11 is 0. The molecule has 0 saturated carbocycles. The van der Waals surface area contributed by atoms with Crippen LogP contribution in [0.25, 0.3) is 0 Å². The van der Waals surface area contributed by atoms with Crippen LogP contribution in [0.3, 0.4) is 0 Å². The molecule has 0 spiro atoms. The molecule has 1 atom stereocenters. The second kappa shape index (κ2) is 5.29. The third-order valence-corrected chi connectivity index (χ3v) is 3.07. The van der Waals surface area contributed by atoms with Crippen LogP contribution < -0.4 is 11.1 Å². The van der Waals surface area contributed by atoms with Gasteiger partial charge in [0, 0.05) is 37.8 Å². The molecule has 1 aliphatic rings.